The van der Waals surface area contributed by atoms with E-state index >= 15 is 0 Å². The number of fused-ring (bicyclic) bond motifs is 4. The predicted molar refractivity (Wildman–Crippen MR) is 207 cm³/mol. The van der Waals surface area contributed by atoms with Crippen LogP contribution >= 0.6 is 0 Å². The maximum atomic E-state index is 14.3. The Morgan fingerprint density at radius 3 is 1.72 bits per heavy atom. The number of nitrogens with zero attached hydrogens (tertiary/aromatic N) is 2. The van der Waals surface area contributed by atoms with Gasteiger partial charge in [-0.1, -0.05) is 69.2 Å². The average Bonchev–Trinajstić information content (AvgIpc) is 3.59. The second-order valence-corrected chi connectivity index (χ2v) is 18.9. The van der Waals surface area contributed by atoms with Crippen molar-refractivity contribution in [3.8, 4) is 0 Å². The molecular formula is C45H58N2O10. The van der Waals surface area contributed by atoms with Gasteiger partial charge in [0.2, 0.25) is 11.6 Å². The van der Waals surface area contributed by atoms with Gasteiger partial charge in [0.15, 0.2) is 23.8 Å². The molecule has 2 aromatic rings. The smallest absolute Gasteiger partial charge is 0.345 e. The van der Waals surface area contributed by atoms with Crippen molar-refractivity contribution in [1.29, 1.82) is 0 Å². The highest BCUT2D eigenvalue weighted by Crippen LogP contribution is 2.63. The van der Waals surface area contributed by atoms with Gasteiger partial charge in [-0.3, -0.25) is 4.84 Å². The Hall–Kier alpha value is -2.94. The molecule has 57 heavy (non-hydrogen) atoms. The van der Waals surface area contributed by atoms with Crippen molar-refractivity contribution in [2.75, 3.05) is 4.90 Å². The SMILES string of the molecule is C[C@H]1[C@@H](/C(C[C@H]2O[C@@H]3OC4(C)CC[C@H]5[C@H](C)CC[C@@H]([C@H]2C)[C@@]35OO4)=N\OC(=O)N(c2ccccc2)c2ccccc2)O[C@@H]2OC3(C)CC[C@H]4[C@H](C)CC[C@@H]1[C@@]24OO3. The number of hydrogen-bond donors (Lipinski definition) is 0. The zero-order chi connectivity index (χ0) is 39.3. The summed E-state index contributed by atoms with van der Waals surface area (Å²) >= 11 is 0. The highest BCUT2D eigenvalue weighted by atomic mass is 17.3. The van der Waals surface area contributed by atoms with Crippen LogP contribution in [0.15, 0.2) is 65.8 Å². The Morgan fingerprint density at radius 2 is 1.18 bits per heavy atom. The number of benzene rings is 2. The number of para-hydroxylation sites is 2. The van der Waals surface area contributed by atoms with Crippen LogP contribution in [0.1, 0.15) is 99.3 Å². The molecule has 1 amide bonds. The minimum absolute atomic E-state index is 0.0443. The third-order valence-corrected chi connectivity index (χ3v) is 15.6. The molecular weight excluding hydrogens is 728 g/mol. The summed E-state index contributed by atoms with van der Waals surface area (Å²) in [6, 6.07) is 18.9. The Morgan fingerprint density at radius 1 is 0.667 bits per heavy atom. The number of amides is 1. The third kappa shape index (κ3) is 5.98. The van der Waals surface area contributed by atoms with Gasteiger partial charge in [0.05, 0.1) is 23.2 Å². The summed E-state index contributed by atoms with van der Waals surface area (Å²) < 4.78 is 27.8. The fraction of sp³-hybridized carbons (Fsp3) is 0.689. The van der Waals surface area contributed by atoms with Gasteiger partial charge < -0.3 is 18.9 Å². The number of carbonyl (C=O) groups excluding carboxylic acids is 1. The first kappa shape index (κ1) is 38.3. The molecule has 8 saturated heterocycles. The normalized spacial score (nSPS) is 47.2. The molecule has 2 saturated carbocycles. The van der Waals surface area contributed by atoms with Crippen molar-refractivity contribution in [2.45, 2.75) is 147 Å². The van der Waals surface area contributed by atoms with Crippen LogP contribution in [0.2, 0.25) is 0 Å². The molecule has 0 aromatic heterocycles. The van der Waals surface area contributed by atoms with Crippen LogP contribution in [0.3, 0.4) is 0 Å². The van der Waals surface area contributed by atoms with Gasteiger partial charge in [-0.2, -0.15) is 0 Å². The van der Waals surface area contributed by atoms with E-state index < -0.39 is 47.6 Å². The van der Waals surface area contributed by atoms with Gasteiger partial charge in [-0.15, -0.1) is 0 Å². The van der Waals surface area contributed by atoms with Crippen LogP contribution in [-0.4, -0.2) is 59.4 Å². The molecule has 4 bridgehead atoms. The topological polar surface area (TPSA) is 116 Å². The highest BCUT2D eigenvalue weighted by molar-refractivity contribution is 5.97. The molecule has 308 valence electrons. The minimum atomic E-state index is -0.934. The first-order valence-corrected chi connectivity index (χ1v) is 21.5. The molecule has 10 fully saturated rings. The largest absolute Gasteiger partial charge is 0.445 e. The van der Waals surface area contributed by atoms with Crippen LogP contribution < -0.4 is 4.90 Å². The number of ether oxygens (including phenoxy) is 4. The van der Waals surface area contributed by atoms with Gasteiger partial charge in [-0.25, -0.2) is 29.2 Å². The number of rotatable bonds is 6. The zero-order valence-electron chi connectivity index (χ0n) is 34.0. The summed E-state index contributed by atoms with van der Waals surface area (Å²) in [7, 11) is 0. The van der Waals surface area contributed by atoms with E-state index in [2.05, 4.69) is 27.7 Å². The summed E-state index contributed by atoms with van der Waals surface area (Å²) in [6.45, 7) is 13.0. The van der Waals surface area contributed by atoms with E-state index in [1.165, 1.54) is 4.90 Å². The van der Waals surface area contributed by atoms with Gasteiger partial charge in [0.25, 0.3) is 0 Å². The number of carbonyl (C=O) groups is 1. The van der Waals surface area contributed by atoms with E-state index in [9.17, 15) is 4.79 Å². The lowest BCUT2D eigenvalue weighted by Gasteiger charge is -2.61. The summed E-state index contributed by atoms with van der Waals surface area (Å²) in [5.41, 5.74) is 0.466. The molecule has 2 spiro atoms. The third-order valence-electron chi connectivity index (χ3n) is 15.6. The number of oxime groups is 1. The lowest BCUT2D eigenvalue weighted by atomic mass is 9.56. The van der Waals surface area contributed by atoms with Crippen LogP contribution in [0.4, 0.5) is 16.2 Å². The summed E-state index contributed by atoms with van der Waals surface area (Å²) in [6.07, 6.45) is 4.91. The fourth-order valence-electron chi connectivity index (χ4n) is 12.6. The molecule has 0 N–H and O–H groups in total. The monoisotopic (exact) mass is 786 g/mol. The second kappa shape index (κ2) is 14.1. The molecule has 8 aliphatic heterocycles. The van der Waals surface area contributed by atoms with E-state index in [-0.39, 0.29) is 41.6 Å². The van der Waals surface area contributed by atoms with E-state index in [1.807, 2.05) is 74.5 Å². The molecule has 2 aromatic carbocycles. The fourth-order valence-corrected chi connectivity index (χ4v) is 12.6. The van der Waals surface area contributed by atoms with Crippen molar-refractivity contribution in [3.63, 3.8) is 0 Å². The highest BCUT2D eigenvalue weighted by Gasteiger charge is 2.71. The maximum Gasteiger partial charge on any atom is 0.445 e. The van der Waals surface area contributed by atoms with Crippen LogP contribution in [0.5, 0.6) is 0 Å². The predicted octanol–water partition coefficient (Wildman–Crippen LogP) is 9.21. The molecule has 12 heteroatoms. The average molecular weight is 787 g/mol. The second-order valence-electron chi connectivity index (χ2n) is 18.9. The van der Waals surface area contributed by atoms with Gasteiger partial charge in [-0.05, 0) is 112 Å². The van der Waals surface area contributed by atoms with Crippen molar-refractivity contribution >= 4 is 23.2 Å². The number of anilines is 2. The quantitative estimate of drug-likeness (QED) is 0.122. The van der Waals surface area contributed by atoms with Crippen molar-refractivity contribution < 1.29 is 48.1 Å². The minimum Gasteiger partial charge on any atom is -0.345 e. The van der Waals surface area contributed by atoms with Gasteiger partial charge in [0, 0.05) is 31.1 Å². The van der Waals surface area contributed by atoms with E-state index in [1.54, 1.807) is 0 Å². The Kier molecular flexibility index (Phi) is 9.45. The lowest BCUT2D eigenvalue weighted by molar-refractivity contribution is -0.571. The summed E-state index contributed by atoms with van der Waals surface area (Å²) in [4.78, 5) is 47.1. The van der Waals surface area contributed by atoms with Crippen molar-refractivity contribution in [2.24, 2.45) is 52.5 Å². The zero-order valence-corrected chi connectivity index (χ0v) is 34.0. The van der Waals surface area contributed by atoms with Gasteiger partial charge >= 0.3 is 6.09 Å². The molecule has 12 nitrogen and oxygen atoms in total. The first-order valence-electron chi connectivity index (χ1n) is 21.5. The Bertz CT molecular complexity index is 1810. The summed E-state index contributed by atoms with van der Waals surface area (Å²) in [5, 5.41) is 4.83. The van der Waals surface area contributed by atoms with Gasteiger partial charge in [0.1, 0.15) is 6.10 Å². The standard InChI is InChI=1S/C45H58N2O10/c1-26-17-19-34-28(3)37(49-39-44(34)32(26)21-23-42(5,51-39)54-56-44)25-36(46-53-41(48)47(30-13-9-7-10-14-30)31-15-11-8-12-16-31)38-29(4)35-20-18-27(2)33-22-24-43(6)52-40(50-38)45(33,35)57-55-43/h7-16,26-29,32-35,37-40H,17-25H2,1-6H3/b46-36-/t26-,27-,28-,29-,32+,33+,34+,35+,37-,38+,39-,40-,42?,43?,44-,45-/m1/s1. The van der Waals surface area contributed by atoms with Crippen molar-refractivity contribution in [3.05, 3.63) is 60.7 Å². The van der Waals surface area contributed by atoms with E-state index in [0.717, 1.165) is 44.9 Å². The lowest BCUT2D eigenvalue weighted by Crippen LogP contribution is -2.71. The maximum absolute atomic E-state index is 14.3. The van der Waals surface area contributed by atoms with Crippen LogP contribution in [-0.2, 0) is 43.3 Å². The molecule has 16 atom stereocenters. The molecule has 8 heterocycles. The molecule has 12 rings (SSSR count). The number of hydrogen-bond acceptors (Lipinski definition) is 11. The first-order chi connectivity index (χ1) is 27.4. The molecule has 0 radical (unpaired) electrons. The van der Waals surface area contributed by atoms with Crippen molar-refractivity contribution in [1.82, 2.24) is 0 Å². The van der Waals surface area contributed by atoms with E-state index in [4.69, 9.17) is 48.5 Å². The van der Waals surface area contributed by atoms with Crippen LogP contribution in [0.25, 0.3) is 0 Å². The Balaban J connectivity index is 1.02. The van der Waals surface area contributed by atoms with E-state index in [0.29, 0.717) is 41.8 Å². The summed E-state index contributed by atoms with van der Waals surface area (Å²) in [5.74, 6) is -0.352. The molecule has 2 aliphatic carbocycles. The molecule has 2 unspecified atom stereocenters. The van der Waals surface area contributed by atoms with Crippen LogP contribution in [0, 0.1) is 47.3 Å². The Labute approximate surface area is 335 Å². The molecule has 10 aliphatic rings.